The van der Waals surface area contributed by atoms with Crippen molar-refractivity contribution in [3.8, 4) is 5.75 Å². The van der Waals surface area contributed by atoms with Gasteiger partial charge in [0.1, 0.15) is 23.4 Å². The molecule has 0 fully saturated rings. The molecule has 3 aromatic rings. The summed E-state index contributed by atoms with van der Waals surface area (Å²) in [6, 6.07) is 17.4. The SMILES string of the molecule is C=Cc1cccc(C(C(=O)Nc2c(C)cccc2C)N(CC)C(=O)C(Cc2ccc(O)cc2)NC(=O)OC(C)(C)C)c1. The summed E-state index contributed by atoms with van der Waals surface area (Å²) >= 11 is 0. The number of alkyl carbamates (subject to hydrolysis) is 1. The van der Waals surface area contributed by atoms with Crippen LogP contribution in [0.5, 0.6) is 5.75 Å². The first kappa shape index (κ1) is 31.9. The molecule has 8 heteroatoms. The molecule has 0 saturated carbocycles. The normalized spacial score (nSPS) is 12.5. The lowest BCUT2D eigenvalue weighted by Crippen LogP contribution is -2.53. The third-order valence-corrected chi connectivity index (χ3v) is 6.74. The molecule has 0 aromatic heterocycles. The molecule has 0 aliphatic heterocycles. The topological polar surface area (TPSA) is 108 Å². The predicted molar refractivity (Wildman–Crippen MR) is 166 cm³/mol. The molecule has 0 aliphatic carbocycles. The summed E-state index contributed by atoms with van der Waals surface area (Å²) < 4.78 is 5.47. The maximum Gasteiger partial charge on any atom is 0.408 e. The number of amides is 3. The Morgan fingerprint density at radius 3 is 2.19 bits per heavy atom. The van der Waals surface area contributed by atoms with Gasteiger partial charge in [-0.1, -0.05) is 61.2 Å². The molecule has 3 N–H and O–H groups in total. The van der Waals surface area contributed by atoms with Gasteiger partial charge in [0.15, 0.2) is 0 Å². The quantitative estimate of drug-likeness (QED) is 0.264. The third kappa shape index (κ3) is 8.46. The molecule has 3 amide bonds. The number of nitrogens with one attached hydrogen (secondary N) is 2. The van der Waals surface area contributed by atoms with Crippen molar-refractivity contribution in [1.29, 1.82) is 0 Å². The highest BCUT2D eigenvalue weighted by Gasteiger charge is 2.36. The second-order valence-electron chi connectivity index (χ2n) is 11.2. The summed E-state index contributed by atoms with van der Waals surface area (Å²) in [6.07, 6.45) is 1.05. The molecule has 0 saturated heterocycles. The summed E-state index contributed by atoms with van der Waals surface area (Å²) in [4.78, 5) is 42.7. The number of phenols is 1. The van der Waals surface area contributed by atoms with E-state index < -0.39 is 29.7 Å². The smallest absolute Gasteiger partial charge is 0.408 e. The minimum atomic E-state index is -1.05. The van der Waals surface area contributed by atoms with E-state index in [4.69, 9.17) is 4.74 Å². The minimum Gasteiger partial charge on any atom is -0.508 e. The molecule has 2 atom stereocenters. The molecule has 222 valence electrons. The van der Waals surface area contributed by atoms with E-state index in [1.165, 1.54) is 17.0 Å². The summed E-state index contributed by atoms with van der Waals surface area (Å²) in [7, 11) is 0. The van der Waals surface area contributed by atoms with Crippen LogP contribution >= 0.6 is 0 Å². The van der Waals surface area contributed by atoms with Gasteiger partial charge in [-0.2, -0.15) is 0 Å². The molecule has 8 nitrogen and oxygen atoms in total. The van der Waals surface area contributed by atoms with Gasteiger partial charge in [-0.05, 0) is 87.6 Å². The Kier molecular flexibility index (Phi) is 10.5. The average molecular weight is 572 g/mol. The third-order valence-electron chi connectivity index (χ3n) is 6.74. The van der Waals surface area contributed by atoms with Gasteiger partial charge in [0.2, 0.25) is 5.91 Å². The number of nitrogens with zero attached hydrogens (tertiary/aromatic N) is 1. The summed E-state index contributed by atoms with van der Waals surface area (Å²) in [6.45, 7) is 14.9. The molecule has 3 rings (SSSR count). The molecule has 2 unspecified atom stereocenters. The Bertz CT molecular complexity index is 1410. The second-order valence-corrected chi connectivity index (χ2v) is 11.2. The Labute approximate surface area is 248 Å². The van der Waals surface area contributed by atoms with Crippen LogP contribution in [0.25, 0.3) is 6.08 Å². The Morgan fingerprint density at radius 2 is 1.62 bits per heavy atom. The zero-order chi connectivity index (χ0) is 31.0. The van der Waals surface area contributed by atoms with E-state index in [0.717, 1.165) is 16.7 Å². The number of para-hydroxylation sites is 1. The molecule has 42 heavy (non-hydrogen) atoms. The lowest BCUT2D eigenvalue weighted by Gasteiger charge is -2.34. The fourth-order valence-electron chi connectivity index (χ4n) is 4.72. The van der Waals surface area contributed by atoms with Crippen molar-refractivity contribution in [3.63, 3.8) is 0 Å². The molecule has 0 bridgehead atoms. The number of aromatic hydroxyl groups is 1. The summed E-state index contributed by atoms with van der Waals surface area (Å²) in [5.41, 5.74) is 3.81. The first-order chi connectivity index (χ1) is 19.8. The van der Waals surface area contributed by atoms with E-state index in [0.29, 0.717) is 16.8 Å². The van der Waals surface area contributed by atoms with Gasteiger partial charge in [0.05, 0.1) is 0 Å². The number of hydrogen-bond acceptors (Lipinski definition) is 5. The van der Waals surface area contributed by atoms with Gasteiger partial charge in [0.25, 0.3) is 5.91 Å². The molecule has 0 heterocycles. The van der Waals surface area contributed by atoms with Crippen molar-refractivity contribution in [3.05, 3.63) is 101 Å². The van der Waals surface area contributed by atoms with E-state index in [2.05, 4.69) is 17.2 Å². The van der Waals surface area contributed by atoms with Crippen molar-refractivity contribution in [2.75, 3.05) is 11.9 Å². The van der Waals surface area contributed by atoms with Crippen LogP contribution in [0.3, 0.4) is 0 Å². The van der Waals surface area contributed by atoms with Crippen LogP contribution in [0.2, 0.25) is 0 Å². The van der Waals surface area contributed by atoms with Gasteiger partial charge < -0.3 is 25.4 Å². The van der Waals surface area contributed by atoms with Gasteiger partial charge in [-0.3, -0.25) is 9.59 Å². The van der Waals surface area contributed by atoms with Crippen molar-refractivity contribution >= 4 is 29.7 Å². The molecular weight excluding hydrogens is 530 g/mol. The van der Waals surface area contributed by atoms with E-state index in [9.17, 15) is 19.5 Å². The molecular formula is C34H41N3O5. The van der Waals surface area contributed by atoms with Crippen molar-refractivity contribution in [1.82, 2.24) is 10.2 Å². The van der Waals surface area contributed by atoms with E-state index in [1.807, 2.05) is 50.2 Å². The standard InChI is InChI=1S/C34H41N3O5/c1-8-24-14-11-15-26(20-24)30(31(39)36-29-22(3)12-10-13-23(29)4)37(9-2)32(40)28(35-33(41)42-34(5,6)7)21-25-16-18-27(38)19-17-25/h8,10-20,28,30,38H,1,9,21H2,2-7H3,(H,35,41)(H,36,39). The maximum atomic E-state index is 14.3. The predicted octanol–water partition coefficient (Wildman–Crippen LogP) is 6.32. The highest BCUT2D eigenvalue weighted by molar-refractivity contribution is 6.00. The zero-order valence-electron chi connectivity index (χ0n) is 25.2. The number of benzene rings is 3. The first-order valence-electron chi connectivity index (χ1n) is 14.0. The number of ether oxygens (including phenoxy) is 1. The Balaban J connectivity index is 2.06. The van der Waals surface area contributed by atoms with Crippen LogP contribution in [0, 0.1) is 13.8 Å². The van der Waals surface area contributed by atoms with Gasteiger partial charge in [-0.15, -0.1) is 0 Å². The number of rotatable bonds is 10. The monoisotopic (exact) mass is 571 g/mol. The van der Waals surface area contributed by atoms with E-state index in [1.54, 1.807) is 52.0 Å². The molecule has 0 radical (unpaired) electrons. The molecule has 3 aromatic carbocycles. The zero-order valence-corrected chi connectivity index (χ0v) is 25.2. The molecule has 0 aliphatic rings. The van der Waals surface area contributed by atoms with E-state index in [-0.39, 0.29) is 24.6 Å². The number of hydrogen-bond donors (Lipinski definition) is 3. The lowest BCUT2D eigenvalue weighted by molar-refractivity contribution is -0.140. The van der Waals surface area contributed by atoms with Crippen LogP contribution in [-0.2, 0) is 20.7 Å². The minimum absolute atomic E-state index is 0.0854. The first-order valence-corrected chi connectivity index (χ1v) is 14.0. The summed E-state index contributed by atoms with van der Waals surface area (Å²) in [5, 5.41) is 15.5. The van der Waals surface area contributed by atoms with Crippen LogP contribution in [0.4, 0.5) is 10.5 Å². The van der Waals surface area contributed by atoms with Crippen LogP contribution in [0.15, 0.2) is 73.3 Å². The van der Waals surface area contributed by atoms with Crippen LogP contribution in [-0.4, -0.2) is 46.1 Å². The largest absolute Gasteiger partial charge is 0.508 e. The fraction of sp³-hybridized carbons (Fsp3) is 0.324. The Hall–Kier alpha value is -4.59. The number of likely N-dealkylation sites (N-methyl/N-ethyl adjacent to an activating group) is 1. The fourth-order valence-corrected chi connectivity index (χ4v) is 4.72. The van der Waals surface area contributed by atoms with Crippen molar-refractivity contribution < 1.29 is 24.2 Å². The maximum absolute atomic E-state index is 14.3. The second kappa shape index (κ2) is 13.9. The lowest BCUT2D eigenvalue weighted by atomic mass is 9.98. The van der Waals surface area contributed by atoms with Gasteiger partial charge >= 0.3 is 6.09 Å². The van der Waals surface area contributed by atoms with E-state index >= 15 is 0 Å². The van der Waals surface area contributed by atoms with Crippen LogP contribution < -0.4 is 10.6 Å². The van der Waals surface area contributed by atoms with Gasteiger partial charge in [0, 0.05) is 18.7 Å². The van der Waals surface area contributed by atoms with Gasteiger partial charge in [-0.25, -0.2) is 4.79 Å². The highest BCUT2D eigenvalue weighted by atomic mass is 16.6. The number of aryl methyl sites for hydroxylation is 2. The van der Waals surface area contributed by atoms with Crippen LogP contribution in [0.1, 0.15) is 61.6 Å². The Morgan fingerprint density at radius 1 is 1.00 bits per heavy atom. The van der Waals surface area contributed by atoms with Crippen molar-refractivity contribution in [2.45, 2.75) is 65.6 Å². The average Bonchev–Trinajstić information content (AvgIpc) is 2.93. The number of carbonyl (C=O) groups excluding carboxylic acids is 3. The number of carbonyl (C=O) groups is 3. The number of phenolic OH excluding ortho intramolecular Hbond substituents is 1. The highest BCUT2D eigenvalue weighted by Crippen LogP contribution is 2.28. The van der Waals surface area contributed by atoms with Crippen molar-refractivity contribution in [2.24, 2.45) is 0 Å². The number of anilines is 1. The summed E-state index contributed by atoms with van der Waals surface area (Å²) in [5.74, 6) is -0.756. The molecule has 0 spiro atoms.